The van der Waals surface area contributed by atoms with Crippen LogP contribution < -0.4 is 5.32 Å². The molecule has 0 aliphatic carbocycles. The van der Waals surface area contributed by atoms with Gasteiger partial charge in [0.2, 0.25) is 0 Å². The zero-order valence-electron chi connectivity index (χ0n) is 8.71. The Morgan fingerprint density at radius 3 is 2.54 bits per heavy atom. The van der Waals surface area contributed by atoms with Gasteiger partial charge in [-0.05, 0) is 6.92 Å². The van der Waals surface area contributed by atoms with Crippen LogP contribution in [-0.2, 0) is 4.74 Å². The average Bonchev–Trinajstić information content (AvgIpc) is 2.10. The first kappa shape index (κ1) is 12.8. The second kappa shape index (κ2) is 6.32. The van der Waals surface area contributed by atoms with E-state index in [1.807, 2.05) is 20.8 Å². The number of aliphatic hydroxyl groups excluding tert-OH is 2. The predicted molar refractivity (Wildman–Crippen MR) is 51.4 cm³/mol. The molecule has 0 aromatic carbocycles. The van der Waals surface area contributed by atoms with Gasteiger partial charge in [0.25, 0.3) is 0 Å². The van der Waals surface area contributed by atoms with Crippen LogP contribution in [0.2, 0.25) is 0 Å². The Kier molecular flexibility index (Phi) is 6.24. The van der Waals surface area contributed by atoms with Crippen LogP contribution in [0.25, 0.3) is 0 Å². The van der Waals surface area contributed by atoms with Gasteiger partial charge in [0.1, 0.15) is 0 Å². The molecule has 80 valence electrons. The summed E-state index contributed by atoms with van der Waals surface area (Å²) in [7, 11) is 0. The van der Waals surface area contributed by atoms with E-state index in [0.29, 0.717) is 19.8 Å². The first-order valence-electron chi connectivity index (χ1n) is 4.62. The van der Waals surface area contributed by atoms with Crippen molar-refractivity contribution in [3.8, 4) is 0 Å². The Morgan fingerprint density at radius 1 is 1.46 bits per heavy atom. The molecular weight excluding hydrogens is 170 g/mol. The third-order valence-corrected chi connectivity index (χ3v) is 2.07. The third-order valence-electron chi connectivity index (χ3n) is 2.07. The van der Waals surface area contributed by atoms with Crippen molar-refractivity contribution in [2.45, 2.75) is 26.9 Å². The maximum absolute atomic E-state index is 9.69. The van der Waals surface area contributed by atoms with E-state index in [-0.39, 0.29) is 12.1 Å². The lowest BCUT2D eigenvalue weighted by molar-refractivity contribution is -0.0255. The average molecular weight is 191 g/mol. The Hall–Kier alpha value is -0.160. The van der Waals surface area contributed by atoms with Gasteiger partial charge >= 0.3 is 0 Å². The maximum Gasteiger partial charge on any atom is 0.0931 e. The summed E-state index contributed by atoms with van der Waals surface area (Å²) in [5, 5.41) is 21.0. The van der Waals surface area contributed by atoms with E-state index in [1.54, 1.807) is 0 Å². The van der Waals surface area contributed by atoms with Crippen molar-refractivity contribution in [1.29, 1.82) is 0 Å². The number of hydrogen-bond acceptors (Lipinski definition) is 4. The molecule has 0 aromatic heterocycles. The Morgan fingerprint density at radius 2 is 2.08 bits per heavy atom. The highest BCUT2D eigenvalue weighted by molar-refractivity contribution is 4.79. The van der Waals surface area contributed by atoms with Crippen LogP contribution in [0, 0.1) is 5.41 Å². The number of ether oxygens (including phenoxy) is 1. The molecule has 0 aromatic rings. The first-order valence-corrected chi connectivity index (χ1v) is 4.62. The molecule has 13 heavy (non-hydrogen) atoms. The summed E-state index contributed by atoms with van der Waals surface area (Å²) in [6, 6.07) is 0. The van der Waals surface area contributed by atoms with Crippen molar-refractivity contribution in [3.63, 3.8) is 0 Å². The molecule has 0 saturated heterocycles. The normalized spacial score (nSPS) is 14.5. The van der Waals surface area contributed by atoms with E-state index in [9.17, 15) is 5.11 Å². The molecule has 0 radical (unpaired) electrons. The number of rotatable bonds is 7. The van der Waals surface area contributed by atoms with Crippen molar-refractivity contribution < 1.29 is 14.9 Å². The number of aliphatic hydroxyl groups is 2. The van der Waals surface area contributed by atoms with Gasteiger partial charge in [0, 0.05) is 18.6 Å². The largest absolute Gasteiger partial charge is 0.390 e. The minimum absolute atomic E-state index is 0.0647. The molecule has 3 N–H and O–H groups in total. The lowest BCUT2D eigenvalue weighted by atomic mass is 9.87. The molecule has 4 heteroatoms. The summed E-state index contributed by atoms with van der Waals surface area (Å²) in [6.45, 7) is 7.21. The van der Waals surface area contributed by atoms with Crippen LogP contribution in [0.1, 0.15) is 20.8 Å². The smallest absolute Gasteiger partial charge is 0.0931 e. The first-order chi connectivity index (χ1) is 6.04. The topological polar surface area (TPSA) is 61.7 Å². The molecule has 0 amide bonds. The molecule has 1 atom stereocenters. The monoisotopic (exact) mass is 191 g/mol. The molecule has 0 unspecified atom stereocenters. The molecule has 0 fully saturated rings. The molecule has 0 aliphatic rings. The summed E-state index contributed by atoms with van der Waals surface area (Å²) in [5.41, 5.74) is -0.280. The zero-order valence-corrected chi connectivity index (χ0v) is 8.71. The van der Waals surface area contributed by atoms with Crippen LogP contribution in [0.3, 0.4) is 0 Å². The van der Waals surface area contributed by atoms with Crippen LogP contribution in [0.4, 0.5) is 0 Å². The van der Waals surface area contributed by atoms with E-state index in [2.05, 4.69) is 5.32 Å². The molecular formula is C9H21NO3. The summed E-state index contributed by atoms with van der Waals surface area (Å²) in [6.07, 6.45) is -0.508. The van der Waals surface area contributed by atoms with Gasteiger partial charge in [-0.25, -0.2) is 0 Å². The van der Waals surface area contributed by atoms with E-state index in [1.165, 1.54) is 0 Å². The maximum atomic E-state index is 9.69. The summed E-state index contributed by atoms with van der Waals surface area (Å²) >= 11 is 0. The lowest BCUT2D eigenvalue weighted by Crippen LogP contribution is -2.41. The second-order valence-electron chi connectivity index (χ2n) is 3.75. The number of hydrogen-bond donors (Lipinski definition) is 3. The molecule has 4 nitrogen and oxygen atoms in total. The van der Waals surface area contributed by atoms with Gasteiger partial charge in [-0.15, -0.1) is 0 Å². The molecule has 0 rings (SSSR count). The fourth-order valence-corrected chi connectivity index (χ4v) is 0.951. The molecule has 0 heterocycles. The van der Waals surface area contributed by atoms with Crippen LogP contribution >= 0.6 is 0 Å². The van der Waals surface area contributed by atoms with Gasteiger partial charge in [-0.3, -0.25) is 5.32 Å². The van der Waals surface area contributed by atoms with Crippen LogP contribution in [0.5, 0.6) is 0 Å². The third kappa shape index (κ3) is 5.21. The van der Waals surface area contributed by atoms with Crippen molar-refractivity contribution >= 4 is 0 Å². The van der Waals surface area contributed by atoms with Gasteiger partial charge < -0.3 is 14.9 Å². The van der Waals surface area contributed by atoms with Crippen molar-refractivity contribution in [3.05, 3.63) is 0 Å². The van der Waals surface area contributed by atoms with E-state index < -0.39 is 6.10 Å². The quantitative estimate of drug-likeness (QED) is 0.494. The highest BCUT2D eigenvalue weighted by Crippen LogP contribution is 2.19. The minimum Gasteiger partial charge on any atom is -0.390 e. The SMILES string of the molecule is CCOC[C@H](O)C(C)(C)CNCO. The highest BCUT2D eigenvalue weighted by Gasteiger charge is 2.27. The van der Waals surface area contributed by atoms with Gasteiger partial charge in [-0.1, -0.05) is 13.8 Å². The van der Waals surface area contributed by atoms with Gasteiger partial charge in [0.15, 0.2) is 0 Å². The number of nitrogens with one attached hydrogen (secondary N) is 1. The Balaban J connectivity index is 3.80. The van der Waals surface area contributed by atoms with E-state index >= 15 is 0 Å². The van der Waals surface area contributed by atoms with Crippen LogP contribution in [-0.4, -0.2) is 42.8 Å². The lowest BCUT2D eigenvalue weighted by Gasteiger charge is -2.30. The minimum atomic E-state index is -0.508. The van der Waals surface area contributed by atoms with Crippen molar-refractivity contribution in [2.24, 2.45) is 5.41 Å². The van der Waals surface area contributed by atoms with E-state index in [0.717, 1.165) is 0 Å². The Labute approximate surface area is 79.9 Å². The fraction of sp³-hybridized carbons (Fsp3) is 1.00. The fourth-order valence-electron chi connectivity index (χ4n) is 0.951. The summed E-state index contributed by atoms with van der Waals surface area (Å²) in [4.78, 5) is 0. The zero-order chi connectivity index (χ0) is 10.3. The van der Waals surface area contributed by atoms with E-state index in [4.69, 9.17) is 9.84 Å². The molecule has 0 aliphatic heterocycles. The standard InChI is InChI=1S/C9H21NO3/c1-4-13-5-8(12)9(2,3)6-10-7-11/h8,10-12H,4-7H2,1-3H3/t8-/m0/s1. The highest BCUT2D eigenvalue weighted by atomic mass is 16.5. The second-order valence-corrected chi connectivity index (χ2v) is 3.75. The summed E-state index contributed by atoms with van der Waals surface area (Å²) in [5.74, 6) is 0. The van der Waals surface area contributed by atoms with Gasteiger partial charge in [0.05, 0.1) is 19.4 Å². The van der Waals surface area contributed by atoms with Crippen LogP contribution in [0.15, 0.2) is 0 Å². The summed E-state index contributed by atoms with van der Waals surface area (Å²) < 4.78 is 5.12. The Bertz CT molecular complexity index is 128. The molecule has 0 saturated carbocycles. The van der Waals surface area contributed by atoms with Crippen molar-refractivity contribution in [2.75, 3.05) is 26.5 Å². The molecule has 0 spiro atoms. The van der Waals surface area contributed by atoms with Gasteiger partial charge in [-0.2, -0.15) is 0 Å². The predicted octanol–water partition coefficient (Wildman–Crippen LogP) is -0.0506. The van der Waals surface area contributed by atoms with Crippen molar-refractivity contribution in [1.82, 2.24) is 5.32 Å². The molecule has 0 bridgehead atoms.